The number of nitrogens with zero attached hydrogens (tertiary/aromatic N) is 3. The Balaban J connectivity index is 2.00. The Hall–Kier alpha value is -1.88. The Morgan fingerprint density at radius 3 is 2.89 bits per heavy atom. The molecule has 1 unspecified atom stereocenters. The van der Waals surface area contributed by atoms with Crippen LogP contribution in [0.4, 0.5) is 11.6 Å². The predicted molar refractivity (Wildman–Crippen MR) is 66.8 cm³/mol. The van der Waals surface area contributed by atoms with Crippen LogP contribution in [0.5, 0.6) is 0 Å². The average molecular weight is 267 g/mol. The predicted octanol–water partition coefficient (Wildman–Crippen LogP) is 0.0111. The zero-order valence-corrected chi connectivity index (χ0v) is 10.4. The number of nitrogens with one attached hydrogen (secondary N) is 2. The van der Waals surface area contributed by atoms with Crippen molar-refractivity contribution < 1.29 is 8.42 Å². The third-order valence-electron chi connectivity index (χ3n) is 2.60. The Labute approximate surface area is 105 Å². The summed E-state index contributed by atoms with van der Waals surface area (Å²) in [6.07, 6.45) is 1.96. The van der Waals surface area contributed by atoms with E-state index in [1.54, 1.807) is 6.07 Å². The highest BCUT2D eigenvalue weighted by Gasteiger charge is 2.27. The standard InChI is InChI=1S/C10H13N5O2S/c11-2-3-12-9-5-10(14-7-13-9)15-8-1-4-18(16,17)6-8/h5,7-8H,1,3-4,6H2,(H2,12,13,14,15). The zero-order valence-electron chi connectivity index (χ0n) is 9.63. The summed E-state index contributed by atoms with van der Waals surface area (Å²) < 4.78 is 22.6. The highest BCUT2D eigenvalue weighted by molar-refractivity contribution is 7.91. The number of anilines is 2. The first-order valence-corrected chi connectivity index (χ1v) is 7.31. The van der Waals surface area contributed by atoms with E-state index in [0.717, 1.165) is 0 Å². The molecule has 7 nitrogen and oxygen atoms in total. The Kier molecular flexibility index (Phi) is 3.62. The number of sulfone groups is 1. The summed E-state index contributed by atoms with van der Waals surface area (Å²) in [6.45, 7) is 0.161. The molecule has 1 aliphatic heterocycles. The van der Waals surface area contributed by atoms with E-state index in [2.05, 4.69) is 20.6 Å². The molecule has 0 aromatic carbocycles. The van der Waals surface area contributed by atoms with E-state index in [1.165, 1.54) is 6.33 Å². The normalized spacial score (nSPS) is 21.2. The van der Waals surface area contributed by atoms with Crippen molar-refractivity contribution in [3.8, 4) is 6.07 Å². The van der Waals surface area contributed by atoms with Crippen molar-refractivity contribution in [3.05, 3.63) is 12.4 Å². The second-order valence-electron chi connectivity index (χ2n) is 4.04. The second kappa shape index (κ2) is 5.18. The highest BCUT2D eigenvalue weighted by Crippen LogP contribution is 2.17. The van der Waals surface area contributed by atoms with Crippen LogP contribution in [0.2, 0.25) is 0 Å². The molecule has 8 heteroatoms. The molecule has 1 atom stereocenters. The lowest BCUT2D eigenvalue weighted by atomic mass is 10.2. The molecule has 18 heavy (non-hydrogen) atoms. The van der Waals surface area contributed by atoms with Gasteiger partial charge in [0.15, 0.2) is 9.84 Å². The summed E-state index contributed by atoms with van der Waals surface area (Å²) in [4.78, 5) is 7.97. The molecule has 0 aliphatic carbocycles. The van der Waals surface area contributed by atoms with Crippen molar-refractivity contribution in [3.63, 3.8) is 0 Å². The van der Waals surface area contributed by atoms with Crippen LogP contribution in [0.15, 0.2) is 12.4 Å². The molecule has 0 bridgehead atoms. The lowest BCUT2D eigenvalue weighted by Gasteiger charge is -2.11. The van der Waals surface area contributed by atoms with Crippen LogP contribution in [-0.2, 0) is 9.84 Å². The van der Waals surface area contributed by atoms with Gasteiger partial charge in [0.2, 0.25) is 0 Å². The number of hydrogen-bond acceptors (Lipinski definition) is 7. The molecule has 0 spiro atoms. The third-order valence-corrected chi connectivity index (χ3v) is 4.37. The largest absolute Gasteiger partial charge is 0.366 e. The highest BCUT2D eigenvalue weighted by atomic mass is 32.2. The lowest BCUT2D eigenvalue weighted by Crippen LogP contribution is -2.21. The summed E-state index contributed by atoms with van der Waals surface area (Å²) in [5.41, 5.74) is 0. The fraction of sp³-hybridized carbons (Fsp3) is 0.500. The average Bonchev–Trinajstić information content (AvgIpc) is 2.66. The first-order valence-electron chi connectivity index (χ1n) is 5.49. The molecular weight excluding hydrogens is 254 g/mol. The maximum atomic E-state index is 11.3. The van der Waals surface area contributed by atoms with E-state index >= 15 is 0 Å². The summed E-state index contributed by atoms with van der Waals surface area (Å²) in [5, 5.41) is 14.3. The fourth-order valence-electron chi connectivity index (χ4n) is 1.78. The van der Waals surface area contributed by atoms with Crippen LogP contribution >= 0.6 is 0 Å². The van der Waals surface area contributed by atoms with Gasteiger partial charge in [-0.25, -0.2) is 18.4 Å². The maximum absolute atomic E-state index is 11.3. The van der Waals surface area contributed by atoms with E-state index < -0.39 is 9.84 Å². The van der Waals surface area contributed by atoms with Crippen LogP contribution in [0.1, 0.15) is 6.42 Å². The molecule has 2 rings (SSSR count). The molecule has 1 aliphatic rings. The molecule has 2 heterocycles. The van der Waals surface area contributed by atoms with Gasteiger partial charge in [0, 0.05) is 12.1 Å². The van der Waals surface area contributed by atoms with E-state index in [-0.39, 0.29) is 24.1 Å². The fourth-order valence-corrected chi connectivity index (χ4v) is 3.45. The maximum Gasteiger partial charge on any atom is 0.152 e. The summed E-state index contributed by atoms with van der Waals surface area (Å²) in [5.74, 6) is 1.45. The van der Waals surface area contributed by atoms with Gasteiger partial charge in [-0.15, -0.1) is 0 Å². The molecule has 96 valence electrons. The van der Waals surface area contributed by atoms with Crippen molar-refractivity contribution >= 4 is 21.5 Å². The minimum absolute atomic E-state index is 0.103. The minimum atomic E-state index is -2.90. The van der Waals surface area contributed by atoms with Gasteiger partial charge in [-0.2, -0.15) is 5.26 Å². The molecule has 1 aromatic rings. The topological polar surface area (TPSA) is 108 Å². The van der Waals surface area contributed by atoms with Crippen molar-refractivity contribution in [2.45, 2.75) is 12.5 Å². The van der Waals surface area contributed by atoms with Gasteiger partial charge in [0.25, 0.3) is 0 Å². The summed E-state index contributed by atoms with van der Waals surface area (Å²) in [6, 6.07) is 3.50. The van der Waals surface area contributed by atoms with E-state index in [1.807, 2.05) is 6.07 Å². The van der Waals surface area contributed by atoms with Gasteiger partial charge in [0.1, 0.15) is 24.5 Å². The summed E-state index contributed by atoms with van der Waals surface area (Å²) in [7, 11) is -2.90. The Morgan fingerprint density at radius 1 is 1.44 bits per heavy atom. The van der Waals surface area contributed by atoms with Crippen LogP contribution in [0.25, 0.3) is 0 Å². The molecule has 0 amide bonds. The van der Waals surface area contributed by atoms with Crippen molar-refractivity contribution in [2.24, 2.45) is 0 Å². The smallest absolute Gasteiger partial charge is 0.152 e. The van der Waals surface area contributed by atoms with Crippen LogP contribution in [0.3, 0.4) is 0 Å². The number of rotatable bonds is 4. The first-order chi connectivity index (χ1) is 8.59. The molecule has 0 saturated carbocycles. The van der Waals surface area contributed by atoms with Gasteiger partial charge in [0.05, 0.1) is 17.6 Å². The first kappa shape index (κ1) is 12.6. The van der Waals surface area contributed by atoms with E-state index in [9.17, 15) is 8.42 Å². The molecular formula is C10H13N5O2S. The van der Waals surface area contributed by atoms with Crippen LogP contribution in [-0.4, -0.2) is 42.5 Å². The SMILES string of the molecule is N#CCNc1cc(NC2CCS(=O)(=O)C2)ncn1. The Bertz CT molecular complexity index is 566. The van der Waals surface area contributed by atoms with Gasteiger partial charge in [-0.3, -0.25) is 0 Å². The number of aromatic nitrogens is 2. The van der Waals surface area contributed by atoms with E-state index in [0.29, 0.717) is 18.1 Å². The Morgan fingerprint density at radius 2 is 2.22 bits per heavy atom. The molecule has 0 radical (unpaired) electrons. The molecule has 2 N–H and O–H groups in total. The van der Waals surface area contributed by atoms with E-state index in [4.69, 9.17) is 5.26 Å². The van der Waals surface area contributed by atoms with Gasteiger partial charge in [-0.05, 0) is 6.42 Å². The van der Waals surface area contributed by atoms with Crippen molar-refractivity contribution in [1.82, 2.24) is 9.97 Å². The van der Waals surface area contributed by atoms with Crippen LogP contribution < -0.4 is 10.6 Å². The quantitative estimate of drug-likeness (QED) is 0.740. The zero-order chi connectivity index (χ0) is 13.0. The second-order valence-corrected chi connectivity index (χ2v) is 6.27. The van der Waals surface area contributed by atoms with Crippen molar-refractivity contribution in [1.29, 1.82) is 5.26 Å². The molecule has 1 aromatic heterocycles. The van der Waals surface area contributed by atoms with Gasteiger partial charge < -0.3 is 10.6 Å². The third kappa shape index (κ3) is 3.30. The molecule has 1 fully saturated rings. The van der Waals surface area contributed by atoms with Crippen molar-refractivity contribution in [2.75, 3.05) is 28.7 Å². The number of nitriles is 1. The minimum Gasteiger partial charge on any atom is -0.366 e. The van der Waals surface area contributed by atoms with Gasteiger partial charge >= 0.3 is 0 Å². The molecule has 1 saturated heterocycles. The lowest BCUT2D eigenvalue weighted by molar-refractivity contribution is 0.602. The monoisotopic (exact) mass is 267 g/mol. The summed E-state index contributed by atoms with van der Waals surface area (Å²) >= 11 is 0. The van der Waals surface area contributed by atoms with Crippen LogP contribution in [0, 0.1) is 11.3 Å². The number of hydrogen-bond donors (Lipinski definition) is 2. The van der Waals surface area contributed by atoms with Gasteiger partial charge in [-0.1, -0.05) is 0 Å².